The maximum atomic E-state index is 16.4. The van der Waals surface area contributed by atoms with Crippen LogP contribution in [-0.4, -0.2) is 58.0 Å². The number of fused-ring (bicyclic) bond motifs is 4. The topological polar surface area (TPSA) is 83.4 Å². The van der Waals surface area contributed by atoms with Crippen molar-refractivity contribution in [3.05, 3.63) is 48.4 Å². The number of piperazine rings is 1. The first-order valence-corrected chi connectivity index (χ1v) is 14.0. The first kappa shape index (κ1) is 26.2. The second-order valence-corrected chi connectivity index (χ2v) is 11.5. The monoisotopic (exact) mass is 567 g/mol. The first-order chi connectivity index (χ1) is 19.7. The fraction of sp³-hybridized carbons (Fsp3) is 0.433. The third-order valence-electron chi connectivity index (χ3n) is 8.90. The van der Waals surface area contributed by atoms with E-state index in [1.807, 2.05) is 29.2 Å². The zero-order valence-corrected chi connectivity index (χ0v) is 22.2. The van der Waals surface area contributed by atoms with Gasteiger partial charge >= 0.3 is 12.2 Å². The molecule has 11 heteroatoms. The highest BCUT2D eigenvalue weighted by molar-refractivity contribution is 5.99. The van der Waals surface area contributed by atoms with Gasteiger partial charge in [-0.1, -0.05) is 37.1 Å². The van der Waals surface area contributed by atoms with Crippen molar-refractivity contribution >= 4 is 27.5 Å². The van der Waals surface area contributed by atoms with Crippen molar-refractivity contribution in [2.75, 3.05) is 24.6 Å². The van der Waals surface area contributed by atoms with Gasteiger partial charge in [-0.25, -0.2) is 4.39 Å². The predicted octanol–water partition coefficient (Wildman–Crippen LogP) is 6.13. The molecule has 2 unspecified atom stereocenters. The van der Waals surface area contributed by atoms with Crippen LogP contribution in [-0.2, 0) is 0 Å². The Morgan fingerprint density at radius 3 is 2.49 bits per heavy atom. The molecular weight excluding hydrogens is 538 g/mol. The zero-order valence-electron chi connectivity index (χ0n) is 22.2. The fourth-order valence-corrected chi connectivity index (χ4v) is 6.74. The maximum absolute atomic E-state index is 16.4. The maximum Gasteiger partial charge on any atom is 0.397 e. The molecular formula is C30H29F4N5O2. The molecule has 0 spiro atoms. The Morgan fingerprint density at radius 2 is 1.76 bits per heavy atom. The van der Waals surface area contributed by atoms with Crippen LogP contribution in [0.4, 0.5) is 23.4 Å². The van der Waals surface area contributed by atoms with Crippen LogP contribution >= 0.6 is 0 Å². The number of hydrogen-bond acceptors (Lipinski definition) is 7. The lowest BCUT2D eigenvalue weighted by molar-refractivity contribution is -0.231. The molecule has 3 fully saturated rings. The summed E-state index contributed by atoms with van der Waals surface area (Å²) in [6.07, 6.45) is -0.0267. The van der Waals surface area contributed by atoms with Gasteiger partial charge in [0.2, 0.25) is 0 Å². The van der Waals surface area contributed by atoms with Gasteiger partial charge in [0, 0.05) is 36.9 Å². The van der Waals surface area contributed by atoms with E-state index in [4.69, 9.17) is 4.74 Å². The number of halogens is 4. The highest BCUT2D eigenvalue weighted by Crippen LogP contribution is 2.50. The van der Waals surface area contributed by atoms with E-state index < -0.39 is 24.0 Å². The lowest BCUT2D eigenvalue weighted by Crippen LogP contribution is -2.51. The van der Waals surface area contributed by atoms with Crippen LogP contribution < -0.4 is 15.0 Å². The number of nitrogens with one attached hydrogen (secondary N) is 1. The number of nitrogens with zero attached hydrogens (tertiary/aromatic N) is 4. The molecule has 4 heterocycles. The minimum atomic E-state index is -4.43. The first-order valence-electron chi connectivity index (χ1n) is 14.0. The van der Waals surface area contributed by atoms with Crippen LogP contribution in [0.25, 0.3) is 32.9 Å². The average Bonchev–Trinajstić information content (AvgIpc) is 3.58. The van der Waals surface area contributed by atoms with Gasteiger partial charge in [0.05, 0.1) is 5.39 Å². The Balaban J connectivity index is 1.36. The number of aromatic hydroxyl groups is 1. The van der Waals surface area contributed by atoms with E-state index in [2.05, 4.69) is 20.3 Å². The normalized spacial score (nSPS) is 22.1. The number of aromatic nitrogens is 3. The van der Waals surface area contributed by atoms with Gasteiger partial charge in [-0.3, -0.25) is 4.98 Å². The number of pyridine rings is 1. The van der Waals surface area contributed by atoms with Gasteiger partial charge < -0.3 is 20.1 Å². The molecule has 4 aromatic rings. The molecule has 2 aromatic carbocycles. The molecule has 7 nitrogen and oxygen atoms in total. The van der Waals surface area contributed by atoms with Crippen molar-refractivity contribution < 1.29 is 27.4 Å². The molecule has 2 aliphatic heterocycles. The summed E-state index contributed by atoms with van der Waals surface area (Å²) in [7, 11) is 0. The number of rotatable bonds is 5. The molecule has 41 heavy (non-hydrogen) atoms. The molecule has 3 aliphatic rings. The van der Waals surface area contributed by atoms with Gasteiger partial charge in [-0.15, -0.1) is 0 Å². The van der Waals surface area contributed by atoms with E-state index in [1.165, 1.54) is 12.3 Å². The summed E-state index contributed by atoms with van der Waals surface area (Å²) in [6.45, 7) is 0.620. The number of anilines is 1. The van der Waals surface area contributed by atoms with Crippen molar-refractivity contribution in [1.29, 1.82) is 0 Å². The third-order valence-corrected chi connectivity index (χ3v) is 8.90. The Labute approximate surface area is 233 Å². The number of phenolic OH excluding ortho intramolecular Hbond substituents is 1. The number of hydrogen-bond donors (Lipinski definition) is 2. The smallest absolute Gasteiger partial charge is 0.397 e. The number of benzene rings is 2. The molecule has 1 aliphatic carbocycles. The molecule has 2 atom stereocenters. The van der Waals surface area contributed by atoms with E-state index >= 15 is 4.39 Å². The summed E-state index contributed by atoms with van der Waals surface area (Å²) >= 11 is 0. The number of phenols is 1. The Kier molecular flexibility index (Phi) is 6.18. The second kappa shape index (κ2) is 9.68. The Morgan fingerprint density at radius 1 is 1.02 bits per heavy atom. The van der Waals surface area contributed by atoms with E-state index in [1.54, 1.807) is 6.07 Å². The van der Waals surface area contributed by atoms with E-state index in [0.29, 0.717) is 53.5 Å². The molecule has 2 aromatic heterocycles. The van der Waals surface area contributed by atoms with Crippen LogP contribution in [0.15, 0.2) is 42.6 Å². The SMILES string of the molecule is Oc1cc(-c2ncc3c(N4CC5CCC(C4)N5)nc(OCC4(C(F)(F)F)CCCC4)nc3c2F)c2ccccc2c1. The predicted molar refractivity (Wildman–Crippen MR) is 147 cm³/mol. The van der Waals surface area contributed by atoms with Gasteiger partial charge in [-0.2, -0.15) is 23.1 Å². The summed E-state index contributed by atoms with van der Waals surface area (Å²) in [5.41, 5.74) is -1.70. The van der Waals surface area contributed by atoms with Gasteiger partial charge in [-0.05, 0) is 48.6 Å². The quantitative estimate of drug-likeness (QED) is 0.281. The van der Waals surface area contributed by atoms with Crippen molar-refractivity contribution in [3.63, 3.8) is 0 Å². The minimum absolute atomic E-state index is 0.0227. The van der Waals surface area contributed by atoms with Crippen LogP contribution in [0, 0.1) is 11.2 Å². The molecule has 0 radical (unpaired) electrons. The number of ether oxygens (including phenoxy) is 1. The zero-order chi connectivity index (χ0) is 28.4. The molecule has 2 N–H and O–H groups in total. The largest absolute Gasteiger partial charge is 0.508 e. The Hall–Kier alpha value is -3.73. The standard InChI is InChI=1S/C30H29F4N5O2/c31-24-25(22-12-20(40)11-17-5-1-2-6-21(17)22)35-13-23-26(24)37-28(41-16-29(30(32,33)34)9-3-4-10-29)38-27(23)39-14-18-7-8-19(15-39)36-18/h1-2,5-6,11-13,18-19,36,40H,3-4,7-10,14-16H2. The van der Waals surface area contributed by atoms with Crippen molar-refractivity contribution in [3.8, 4) is 23.0 Å². The van der Waals surface area contributed by atoms with Gasteiger partial charge in [0.1, 0.15) is 34.8 Å². The van der Waals surface area contributed by atoms with Crippen LogP contribution in [0.1, 0.15) is 38.5 Å². The third kappa shape index (κ3) is 4.50. The van der Waals surface area contributed by atoms with Crippen molar-refractivity contribution in [2.45, 2.75) is 56.8 Å². The summed E-state index contributed by atoms with van der Waals surface area (Å²) in [5.74, 6) is -0.399. The molecule has 0 amide bonds. The molecule has 1 saturated carbocycles. The van der Waals surface area contributed by atoms with Gasteiger partial charge in [0.25, 0.3) is 0 Å². The molecule has 214 valence electrons. The van der Waals surface area contributed by atoms with Crippen LogP contribution in [0.5, 0.6) is 11.8 Å². The van der Waals surface area contributed by atoms with Gasteiger partial charge in [0.15, 0.2) is 5.82 Å². The highest BCUT2D eigenvalue weighted by atomic mass is 19.4. The summed E-state index contributed by atoms with van der Waals surface area (Å²) in [4.78, 5) is 15.4. The lowest BCUT2D eigenvalue weighted by Gasteiger charge is -2.34. The van der Waals surface area contributed by atoms with E-state index in [0.717, 1.165) is 12.8 Å². The minimum Gasteiger partial charge on any atom is -0.508 e. The fourth-order valence-electron chi connectivity index (χ4n) is 6.74. The summed E-state index contributed by atoms with van der Waals surface area (Å²) < 4.78 is 64.3. The highest BCUT2D eigenvalue weighted by Gasteiger charge is 2.56. The van der Waals surface area contributed by atoms with Crippen LogP contribution in [0.3, 0.4) is 0 Å². The average molecular weight is 568 g/mol. The van der Waals surface area contributed by atoms with Crippen molar-refractivity contribution in [1.82, 2.24) is 20.3 Å². The summed E-state index contributed by atoms with van der Waals surface area (Å²) in [5, 5.41) is 15.7. The Bertz CT molecular complexity index is 1630. The van der Waals surface area contributed by atoms with E-state index in [9.17, 15) is 18.3 Å². The number of alkyl halides is 3. The summed E-state index contributed by atoms with van der Waals surface area (Å²) in [6, 6.07) is 10.5. The lowest BCUT2D eigenvalue weighted by atomic mass is 9.86. The molecule has 7 rings (SSSR count). The van der Waals surface area contributed by atoms with Crippen molar-refractivity contribution in [2.24, 2.45) is 5.41 Å². The molecule has 2 saturated heterocycles. The molecule has 2 bridgehead atoms. The second-order valence-electron chi connectivity index (χ2n) is 11.5. The van der Waals surface area contributed by atoms with Crippen LogP contribution in [0.2, 0.25) is 0 Å². The van der Waals surface area contributed by atoms with E-state index in [-0.39, 0.29) is 47.9 Å².